The Morgan fingerprint density at radius 1 is 1.04 bits per heavy atom. The van der Waals surface area contributed by atoms with Crippen molar-refractivity contribution in [2.24, 2.45) is 5.92 Å². The largest absolute Gasteiger partial charge is 0.463 e. The number of hydrogen-bond donors (Lipinski definition) is 0. The van der Waals surface area contributed by atoms with E-state index in [4.69, 9.17) is 4.74 Å². The Labute approximate surface area is 173 Å². The molecular formula is C25H38O2Si. The molecule has 1 rings (SSSR count). The van der Waals surface area contributed by atoms with Crippen LogP contribution in [-0.2, 0) is 16.0 Å². The van der Waals surface area contributed by atoms with Crippen molar-refractivity contribution in [2.45, 2.75) is 77.9 Å². The summed E-state index contributed by atoms with van der Waals surface area (Å²) in [6.07, 6.45) is 5.13. The van der Waals surface area contributed by atoms with Crippen molar-refractivity contribution in [1.82, 2.24) is 0 Å². The lowest BCUT2D eigenvalue weighted by Gasteiger charge is -2.38. The highest BCUT2D eigenvalue weighted by Gasteiger charge is 2.41. The number of benzene rings is 1. The van der Waals surface area contributed by atoms with Gasteiger partial charge in [0.25, 0.3) is 0 Å². The van der Waals surface area contributed by atoms with E-state index in [1.165, 1.54) is 5.56 Å². The number of allylic oxidation sites excluding steroid dienone is 1. The van der Waals surface area contributed by atoms with E-state index in [9.17, 15) is 4.79 Å². The lowest BCUT2D eigenvalue weighted by molar-refractivity contribution is -0.137. The van der Waals surface area contributed by atoms with Gasteiger partial charge in [0.15, 0.2) is 0 Å². The fraction of sp³-hybridized carbons (Fsp3) is 0.560. The Morgan fingerprint density at radius 2 is 1.61 bits per heavy atom. The SMILES string of the molecule is CCOC(=O)/C=C/C[C@@H](C#C[Si](C(C)C)(C(C)C)C(C)C)Cc1ccccc1. The normalized spacial score (nSPS) is 13.1. The van der Waals surface area contributed by atoms with E-state index in [1.807, 2.05) is 19.1 Å². The van der Waals surface area contributed by atoms with Crippen LogP contribution in [0.1, 0.15) is 60.5 Å². The molecule has 0 N–H and O–H groups in total. The first-order valence-electron chi connectivity index (χ1n) is 10.6. The molecule has 1 aromatic rings. The quantitative estimate of drug-likeness (QED) is 0.203. The first-order chi connectivity index (χ1) is 13.2. The van der Waals surface area contributed by atoms with E-state index >= 15 is 0 Å². The molecule has 28 heavy (non-hydrogen) atoms. The van der Waals surface area contributed by atoms with Crippen LogP contribution >= 0.6 is 0 Å². The average Bonchev–Trinajstić information content (AvgIpc) is 2.62. The van der Waals surface area contributed by atoms with E-state index in [-0.39, 0.29) is 11.9 Å². The van der Waals surface area contributed by atoms with E-state index in [0.717, 1.165) is 12.8 Å². The third-order valence-corrected chi connectivity index (χ3v) is 12.0. The van der Waals surface area contributed by atoms with Crippen molar-refractivity contribution in [3.05, 3.63) is 48.0 Å². The summed E-state index contributed by atoms with van der Waals surface area (Å²) in [5.74, 6) is 3.60. The van der Waals surface area contributed by atoms with Gasteiger partial charge >= 0.3 is 5.97 Å². The van der Waals surface area contributed by atoms with Crippen LogP contribution in [0.4, 0.5) is 0 Å². The zero-order valence-electron chi connectivity index (χ0n) is 18.8. The molecular weight excluding hydrogens is 360 g/mol. The standard InChI is InChI=1S/C25H38O2Si/c1-8-27-25(26)16-12-15-24(19-23-13-10-9-11-14-23)17-18-28(20(2)3,21(4)5)22(6)7/h9-14,16,20-22,24H,8,15,19H2,1-7H3/b16-12+/t24-/m0/s1. The fourth-order valence-corrected chi connectivity index (χ4v) is 9.59. The number of carbonyl (C=O) groups excluding carboxylic acids is 1. The van der Waals surface area contributed by atoms with Crippen molar-refractivity contribution >= 4 is 14.0 Å². The second kappa shape index (κ2) is 11.9. The molecule has 0 aromatic heterocycles. The van der Waals surface area contributed by atoms with E-state index < -0.39 is 8.07 Å². The summed E-state index contributed by atoms with van der Waals surface area (Å²) < 4.78 is 5.00. The topological polar surface area (TPSA) is 26.3 Å². The molecule has 1 atom stereocenters. The maximum atomic E-state index is 11.6. The Morgan fingerprint density at radius 3 is 2.11 bits per heavy atom. The first kappa shape index (κ1) is 24.2. The molecule has 0 radical (unpaired) electrons. The minimum atomic E-state index is -1.76. The number of hydrogen-bond acceptors (Lipinski definition) is 2. The average molecular weight is 399 g/mol. The summed E-state index contributed by atoms with van der Waals surface area (Å²) >= 11 is 0. The molecule has 0 unspecified atom stereocenters. The molecule has 0 saturated carbocycles. The van der Waals surface area contributed by atoms with Crippen molar-refractivity contribution in [3.63, 3.8) is 0 Å². The van der Waals surface area contributed by atoms with Gasteiger partial charge in [0.2, 0.25) is 0 Å². The molecule has 0 aliphatic rings. The first-order valence-corrected chi connectivity index (χ1v) is 12.9. The smallest absolute Gasteiger partial charge is 0.330 e. The summed E-state index contributed by atoms with van der Waals surface area (Å²) in [4.78, 5) is 11.6. The van der Waals surface area contributed by atoms with Gasteiger partial charge in [-0.2, -0.15) is 0 Å². The molecule has 0 aliphatic heterocycles. The minimum absolute atomic E-state index is 0.205. The maximum absolute atomic E-state index is 11.6. The van der Waals surface area contributed by atoms with Crippen LogP contribution in [0.15, 0.2) is 42.5 Å². The van der Waals surface area contributed by atoms with Gasteiger partial charge in [0.05, 0.1) is 6.61 Å². The molecule has 0 saturated heterocycles. The third-order valence-electron chi connectivity index (χ3n) is 5.64. The molecule has 1 aromatic carbocycles. The van der Waals surface area contributed by atoms with Crippen molar-refractivity contribution < 1.29 is 9.53 Å². The van der Waals surface area contributed by atoms with E-state index in [0.29, 0.717) is 23.2 Å². The van der Waals surface area contributed by atoms with Gasteiger partial charge in [0.1, 0.15) is 8.07 Å². The van der Waals surface area contributed by atoms with Gasteiger partial charge in [-0.15, -0.1) is 11.5 Å². The minimum Gasteiger partial charge on any atom is -0.463 e. The van der Waals surface area contributed by atoms with Crippen LogP contribution in [0, 0.1) is 17.4 Å². The highest BCUT2D eigenvalue weighted by Crippen LogP contribution is 2.40. The number of carbonyl (C=O) groups is 1. The van der Waals surface area contributed by atoms with Crippen molar-refractivity contribution in [3.8, 4) is 11.5 Å². The van der Waals surface area contributed by atoms with Crippen LogP contribution in [0.5, 0.6) is 0 Å². The van der Waals surface area contributed by atoms with Crippen LogP contribution < -0.4 is 0 Å². The lowest BCUT2D eigenvalue weighted by atomic mass is 9.97. The molecule has 0 heterocycles. The van der Waals surface area contributed by atoms with Crippen LogP contribution in [0.3, 0.4) is 0 Å². The number of esters is 1. The zero-order valence-corrected chi connectivity index (χ0v) is 19.8. The van der Waals surface area contributed by atoms with Gasteiger partial charge in [-0.3, -0.25) is 0 Å². The molecule has 2 nitrogen and oxygen atoms in total. The molecule has 0 amide bonds. The molecule has 0 spiro atoms. The van der Waals surface area contributed by atoms with E-state index in [2.05, 4.69) is 77.3 Å². The molecule has 154 valence electrons. The monoisotopic (exact) mass is 398 g/mol. The van der Waals surface area contributed by atoms with Gasteiger partial charge in [-0.25, -0.2) is 4.79 Å². The van der Waals surface area contributed by atoms with Gasteiger partial charge < -0.3 is 4.74 Å². The second-order valence-electron chi connectivity index (χ2n) is 8.44. The number of rotatable bonds is 9. The van der Waals surface area contributed by atoms with Crippen LogP contribution in [0.2, 0.25) is 16.6 Å². The maximum Gasteiger partial charge on any atom is 0.330 e. The Hall–Kier alpha value is -1.79. The summed E-state index contributed by atoms with van der Waals surface area (Å²) in [6, 6.07) is 10.5. The Bertz CT molecular complexity index is 656. The molecule has 0 fully saturated rings. The van der Waals surface area contributed by atoms with Gasteiger partial charge in [-0.1, -0.05) is 78.0 Å². The molecule has 3 heteroatoms. The summed E-state index contributed by atoms with van der Waals surface area (Å²) in [5.41, 5.74) is 7.00. The lowest BCUT2D eigenvalue weighted by Crippen LogP contribution is -2.43. The summed E-state index contributed by atoms with van der Waals surface area (Å²) in [5, 5.41) is 0. The van der Waals surface area contributed by atoms with Crippen molar-refractivity contribution in [2.75, 3.05) is 6.61 Å². The predicted octanol–water partition coefficient (Wildman–Crippen LogP) is 6.58. The van der Waals surface area contributed by atoms with E-state index in [1.54, 1.807) is 6.08 Å². The van der Waals surface area contributed by atoms with Gasteiger partial charge in [0, 0.05) is 12.0 Å². The van der Waals surface area contributed by atoms with Gasteiger partial charge in [-0.05, 0) is 42.0 Å². The van der Waals surface area contributed by atoms with Crippen LogP contribution in [0.25, 0.3) is 0 Å². The zero-order chi connectivity index (χ0) is 21.2. The fourth-order valence-electron chi connectivity index (χ4n) is 4.27. The summed E-state index contributed by atoms with van der Waals surface area (Å²) in [7, 11) is -1.76. The van der Waals surface area contributed by atoms with Crippen molar-refractivity contribution in [1.29, 1.82) is 0 Å². The third kappa shape index (κ3) is 6.98. The molecule has 0 bridgehead atoms. The predicted molar refractivity (Wildman–Crippen MR) is 123 cm³/mol. The Kier molecular flexibility index (Phi) is 10.3. The van der Waals surface area contributed by atoms with Crippen LogP contribution in [-0.4, -0.2) is 20.7 Å². The number of ether oxygens (including phenoxy) is 1. The Balaban J connectivity index is 3.13. The second-order valence-corrected chi connectivity index (χ2v) is 14.0. The molecule has 0 aliphatic carbocycles. The highest BCUT2D eigenvalue weighted by molar-refractivity contribution is 6.90. The summed E-state index contributed by atoms with van der Waals surface area (Å²) in [6.45, 7) is 16.3. The highest BCUT2D eigenvalue weighted by atomic mass is 28.3.